The first kappa shape index (κ1) is 13.1. The van der Waals surface area contributed by atoms with Crippen molar-refractivity contribution < 1.29 is 9.50 Å². The molecule has 0 spiro atoms. The number of aromatic hydroxyl groups is 1. The van der Waals surface area contributed by atoms with Crippen molar-refractivity contribution in [2.24, 2.45) is 7.05 Å². The zero-order chi connectivity index (χ0) is 15.1. The lowest BCUT2D eigenvalue weighted by molar-refractivity contribution is 0.469. The van der Waals surface area contributed by atoms with Crippen LogP contribution in [0.1, 0.15) is 0 Å². The summed E-state index contributed by atoms with van der Waals surface area (Å²) in [4.78, 5) is 8.40. The Balaban J connectivity index is 2.33. The molecule has 0 radical (unpaired) electrons. The number of aryl methyl sites for hydroxylation is 1. The smallest absolute Gasteiger partial charge is 0.226 e. The molecule has 2 aromatic heterocycles. The molecule has 108 valence electrons. The van der Waals surface area contributed by atoms with Gasteiger partial charge in [0.1, 0.15) is 23.1 Å². The van der Waals surface area contributed by atoms with Gasteiger partial charge in [0.2, 0.25) is 5.95 Å². The van der Waals surface area contributed by atoms with Gasteiger partial charge in [0.25, 0.3) is 0 Å². The fraction of sp³-hybridized carbons (Fsp3) is 0.154. The highest BCUT2D eigenvalue weighted by Crippen LogP contribution is 2.32. The number of hydrogen-bond donors (Lipinski definition) is 3. The molecule has 3 rings (SSSR count). The number of nitrogens with one attached hydrogen (secondary N) is 1. The molecule has 1 aromatic carbocycles. The third-order valence-electron chi connectivity index (χ3n) is 3.09. The van der Waals surface area contributed by atoms with Crippen molar-refractivity contribution in [3.05, 3.63) is 24.0 Å². The lowest BCUT2D eigenvalue weighted by Crippen LogP contribution is -2.02. The summed E-state index contributed by atoms with van der Waals surface area (Å²) in [6, 6.07) is 3.71. The van der Waals surface area contributed by atoms with Gasteiger partial charge in [-0.2, -0.15) is 15.1 Å². The van der Waals surface area contributed by atoms with Gasteiger partial charge in [0.05, 0.1) is 5.39 Å². The average Bonchev–Trinajstić information content (AvgIpc) is 2.75. The Hall–Kier alpha value is -2.90. The van der Waals surface area contributed by atoms with Crippen molar-refractivity contribution >= 4 is 22.8 Å². The molecule has 0 saturated carbocycles. The van der Waals surface area contributed by atoms with Crippen LogP contribution in [0.2, 0.25) is 0 Å². The maximum Gasteiger partial charge on any atom is 0.226 e. The Kier molecular flexibility index (Phi) is 2.86. The highest BCUT2D eigenvalue weighted by atomic mass is 19.1. The molecule has 0 unspecified atom stereocenters. The Morgan fingerprint density at radius 1 is 1.29 bits per heavy atom. The summed E-state index contributed by atoms with van der Waals surface area (Å²) in [5.74, 6) is -0.141. The van der Waals surface area contributed by atoms with Crippen LogP contribution in [0.5, 0.6) is 5.75 Å². The molecule has 0 aliphatic carbocycles. The van der Waals surface area contributed by atoms with E-state index in [-0.39, 0.29) is 11.6 Å². The van der Waals surface area contributed by atoms with Gasteiger partial charge in [-0.05, 0) is 12.1 Å². The van der Waals surface area contributed by atoms with Crippen molar-refractivity contribution in [3.63, 3.8) is 0 Å². The Morgan fingerprint density at radius 3 is 2.71 bits per heavy atom. The van der Waals surface area contributed by atoms with Crippen LogP contribution < -0.4 is 11.1 Å². The molecule has 0 bridgehead atoms. The SMILES string of the molecule is CNc1nc(N)c2c(-c3cc(O)cc(F)c3)nn(C)c2n1. The maximum absolute atomic E-state index is 13.5. The van der Waals surface area contributed by atoms with Crippen LogP contribution >= 0.6 is 0 Å². The second kappa shape index (κ2) is 4.58. The number of phenolic OH excluding ortho intramolecular Hbond substituents is 1. The van der Waals surface area contributed by atoms with E-state index in [0.29, 0.717) is 28.2 Å². The van der Waals surface area contributed by atoms with Gasteiger partial charge in [0.15, 0.2) is 5.65 Å². The van der Waals surface area contributed by atoms with Crippen LogP contribution in [0.3, 0.4) is 0 Å². The van der Waals surface area contributed by atoms with Crippen molar-refractivity contribution in [2.45, 2.75) is 0 Å². The van der Waals surface area contributed by atoms with Crippen molar-refractivity contribution in [1.82, 2.24) is 19.7 Å². The molecule has 4 N–H and O–H groups in total. The summed E-state index contributed by atoms with van der Waals surface area (Å²) in [5, 5.41) is 17.2. The van der Waals surface area contributed by atoms with Crippen molar-refractivity contribution in [2.75, 3.05) is 18.1 Å². The first-order chi connectivity index (χ1) is 9.99. The number of aromatic nitrogens is 4. The molecular formula is C13H13FN6O. The molecule has 0 saturated heterocycles. The number of halogens is 1. The third-order valence-corrected chi connectivity index (χ3v) is 3.09. The van der Waals surface area contributed by atoms with Crippen molar-refractivity contribution in [3.8, 4) is 17.0 Å². The van der Waals surface area contributed by atoms with Gasteiger partial charge in [-0.25, -0.2) is 9.07 Å². The molecule has 0 aliphatic rings. The van der Waals surface area contributed by atoms with Crippen molar-refractivity contribution in [1.29, 1.82) is 0 Å². The van der Waals surface area contributed by atoms with Gasteiger partial charge in [-0.1, -0.05) is 0 Å². The third kappa shape index (κ3) is 2.10. The number of nitrogen functional groups attached to an aromatic ring is 1. The molecule has 2 heterocycles. The summed E-state index contributed by atoms with van der Waals surface area (Å²) in [6.45, 7) is 0. The molecule has 8 heteroatoms. The summed E-state index contributed by atoms with van der Waals surface area (Å²) in [7, 11) is 3.39. The number of rotatable bonds is 2. The molecule has 0 aliphatic heterocycles. The van der Waals surface area contributed by atoms with E-state index in [0.717, 1.165) is 6.07 Å². The molecule has 7 nitrogen and oxygen atoms in total. The van der Waals surface area contributed by atoms with Crippen LogP contribution in [0, 0.1) is 5.82 Å². The van der Waals surface area contributed by atoms with E-state index < -0.39 is 5.82 Å². The maximum atomic E-state index is 13.5. The molecule has 21 heavy (non-hydrogen) atoms. The van der Waals surface area contributed by atoms with Gasteiger partial charge in [0, 0.05) is 25.7 Å². The summed E-state index contributed by atoms with van der Waals surface area (Å²) >= 11 is 0. The van der Waals surface area contributed by atoms with Crippen LogP contribution in [0.15, 0.2) is 18.2 Å². The monoisotopic (exact) mass is 288 g/mol. The van der Waals surface area contributed by atoms with Crippen LogP contribution in [-0.4, -0.2) is 31.9 Å². The highest BCUT2D eigenvalue weighted by Gasteiger charge is 2.18. The van der Waals surface area contributed by atoms with Crippen LogP contribution in [0.25, 0.3) is 22.3 Å². The second-order valence-corrected chi connectivity index (χ2v) is 4.55. The van der Waals surface area contributed by atoms with E-state index in [2.05, 4.69) is 20.4 Å². The summed E-state index contributed by atoms with van der Waals surface area (Å²) in [6.07, 6.45) is 0. The lowest BCUT2D eigenvalue weighted by atomic mass is 10.1. The van der Waals surface area contributed by atoms with Gasteiger partial charge in [-0.3, -0.25) is 0 Å². The number of fused-ring (bicyclic) bond motifs is 1. The lowest BCUT2D eigenvalue weighted by Gasteiger charge is -2.03. The molecule has 0 fully saturated rings. The van der Waals surface area contributed by atoms with Crippen LogP contribution in [0.4, 0.5) is 16.2 Å². The Bertz CT molecular complexity index is 824. The predicted molar refractivity (Wildman–Crippen MR) is 77.3 cm³/mol. The highest BCUT2D eigenvalue weighted by molar-refractivity contribution is 5.99. The number of anilines is 2. The molecular weight excluding hydrogens is 275 g/mol. The molecule has 0 amide bonds. The predicted octanol–water partition coefficient (Wildman–Crippen LogP) is 1.50. The van der Waals surface area contributed by atoms with E-state index in [1.165, 1.54) is 16.8 Å². The van der Waals surface area contributed by atoms with Gasteiger partial charge >= 0.3 is 0 Å². The zero-order valence-corrected chi connectivity index (χ0v) is 11.4. The van der Waals surface area contributed by atoms with E-state index in [4.69, 9.17) is 5.73 Å². The number of phenols is 1. The largest absolute Gasteiger partial charge is 0.508 e. The average molecular weight is 288 g/mol. The van der Waals surface area contributed by atoms with E-state index >= 15 is 0 Å². The second-order valence-electron chi connectivity index (χ2n) is 4.55. The number of nitrogens with two attached hydrogens (primary N) is 1. The fourth-order valence-electron chi connectivity index (χ4n) is 2.20. The Morgan fingerprint density at radius 2 is 2.05 bits per heavy atom. The quantitative estimate of drug-likeness (QED) is 0.660. The van der Waals surface area contributed by atoms with E-state index in [9.17, 15) is 9.50 Å². The fourth-order valence-corrected chi connectivity index (χ4v) is 2.20. The number of benzene rings is 1. The summed E-state index contributed by atoms with van der Waals surface area (Å²) < 4.78 is 15.0. The minimum atomic E-state index is -0.560. The van der Waals surface area contributed by atoms with E-state index in [1.807, 2.05) is 0 Å². The first-order valence-corrected chi connectivity index (χ1v) is 6.17. The Labute approximate surface area is 119 Å². The standard InChI is InChI=1S/C13H13FN6O/c1-16-13-17-11(15)9-10(19-20(2)12(9)18-13)6-3-7(14)5-8(21)4-6/h3-5,21H,1-2H3,(H3,15,16,17,18). The van der Waals surface area contributed by atoms with E-state index in [1.54, 1.807) is 14.1 Å². The topological polar surface area (TPSA) is 102 Å². The normalized spacial score (nSPS) is 11.0. The number of hydrogen-bond acceptors (Lipinski definition) is 6. The summed E-state index contributed by atoms with van der Waals surface area (Å²) in [5.41, 5.74) is 7.31. The number of nitrogens with zero attached hydrogens (tertiary/aromatic N) is 4. The first-order valence-electron chi connectivity index (χ1n) is 6.17. The molecule has 3 aromatic rings. The minimum absolute atomic E-state index is 0.185. The van der Waals surface area contributed by atoms with Crippen LogP contribution in [-0.2, 0) is 7.05 Å². The van der Waals surface area contributed by atoms with Gasteiger partial charge < -0.3 is 16.2 Å². The molecule has 0 atom stereocenters. The zero-order valence-electron chi connectivity index (χ0n) is 11.4. The minimum Gasteiger partial charge on any atom is -0.508 e. The van der Waals surface area contributed by atoms with Gasteiger partial charge in [-0.15, -0.1) is 0 Å².